The number of carbonyl (C=O) groups is 2. The van der Waals surface area contributed by atoms with Crippen LogP contribution in [0.4, 0.5) is 20.4 Å². The van der Waals surface area contributed by atoms with Crippen LogP contribution in [0.2, 0.25) is 0 Å². The van der Waals surface area contributed by atoms with Crippen molar-refractivity contribution in [3.05, 3.63) is 54.1 Å². The van der Waals surface area contributed by atoms with Crippen LogP contribution in [0.5, 0.6) is 5.75 Å². The number of halogens is 2. The van der Waals surface area contributed by atoms with E-state index < -0.39 is 11.6 Å². The van der Waals surface area contributed by atoms with E-state index in [2.05, 4.69) is 64.6 Å². The van der Waals surface area contributed by atoms with Gasteiger partial charge in [-0.15, -0.1) is 0 Å². The number of rotatable bonds is 13. The fraction of sp³-hybridized carbons (Fsp3) is 0.514. The fourth-order valence-corrected chi connectivity index (χ4v) is 6.54. The van der Waals surface area contributed by atoms with Gasteiger partial charge in [-0.1, -0.05) is 20.3 Å². The molecule has 15 heteroatoms. The largest absolute Gasteiger partial charge is 0.495 e. The van der Waals surface area contributed by atoms with Crippen molar-refractivity contribution in [3.63, 3.8) is 0 Å². The summed E-state index contributed by atoms with van der Waals surface area (Å²) in [7, 11) is 1.51. The van der Waals surface area contributed by atoms with Crippen LogP contribution in [0.15, 0.2) is 36.8 Å². The molecule has 0 atom stereocenters. The first kappa shape index (κ1) is 38.5. The highest BCUT2D eigenvalue weighted by Gasteiger charge is 2.28. The number of anilines is 2. The molecule has 0 aromatic carbocycles. The number of carbonyl (C=O) groups excluding carboxylic acids is 2. The lowest BCUT2D eigenvalue weighted by Gasteiger charge is -2.29. The first-order chi connectivity index (χ1) is 25.0. The molecule has 280 valence electrons. The number of aryl methyl sites for hydroxylation is 1. The summed E-state index contributed by atoms with van der Waals surface area (Å²) in [5, 5.41) is 18.2. The van der Waals surface area contributed by atoms with Crippen molar-refractivity contribution in [1.82, 2.24) is 40.2 Å². The number of ether oxygens (including phenoxy) is 1. The van der Waals surface area contributed by atoms with Crippen molar-refractivity contribution in [2.75, 3.05) is 57.0 Å². The Balaban J connectivity index is 0.000000201. The quantitative estimate of drug-likeness (QED) is 0.126. The highest BCUT2D eigenvalue weighted by molar-refractivity contribution is 5.91. The van der Waals surface area contributed by atoms with Crippen LogP contribution < -0.4 is 15.4 Å². The minimum atomic E-state index is -0.607. The van der Waals surface area contributed by atoms with Gasteiger partial charge in [-0.2, -0.15) is 10.2 Å². The Hall–Kier alpha value is -4.76. The Morgan fingerprint density at radius 3 is 2.10 bits per heavy atom. The number of piperidine rings is 1. The third kappa shape index (κ3) is 10.9. The van der Waals surface area contributed by atoms with Crippen LogP contribution >= 0.6 is 0 Å². The molecule has 4 N–H and O–H groups in total. The number of nitrogens with zero attached hydrogens (tertiary/aromatic N) is 6. The first-order valence-electron chi connectivity index (χ1n) is 18.0. The maximum absolute atomic E-state index is 14.6. The number of likely N-dealkylation sites (tertiary alicyclic amines) is 2. The predicted octanol–water partition coefficient (Wildman–Crippen LogP) is 6.19. The van der Waals surface area contributed by atoms with Gasteiger partial charge in [-0.25, -0.2) is 8.78 Å². The molecule has 2 aliphatic heterocycles. The van der Waals surface area contributed by atoms with Crippen LogP contribution in [0.25, 0.3) is 22.5 Å². The van der Waals surface area contributed by atoms with E-state index in [0.717, 1.165) is 51.4 Å². The molecule has 0 spiro atoms. The van der Waals surface area contributed by atoms with Crippen molar-refractivity contribution in [3.8, 4) is 28.3 Å². The minimum absolute atomic E-state index is 0.0671. The summed E-state index contributed by atoms with van der Waals surface area (Å²) in [5.41, 5.74) is 2.16. The molecule has 0 saturated carbocycles. The molecule has 2 fully saturated rings. The Morgan fingerprint density at radius 2 is 1.46 bits per heavy atom. The van der Waals surface area contributed by atoms with Crippen molar-refractivity contribution < 1.29 is 23.1 Å². The second-order valence-electron chi connectivity index (χ2n) is 14.3. The van der Waals surface area contributed by atoms with Gasteiger partial charge in [0.1, 0.15) is 17.1 Å². The summed E-state index contributed by atoms with van der Waals surface area (Å²) < 4.78 is 34.2. The average molecular weight is 721 g/mol. The lowest BCUT2D eigenvalue weighted by Crippen LogP contribution is -2.35. The van der Waals surface area contributed by atoms with Crippen LogP contribution in [-0.4, -0.2) is 98.4 Å². The summed E-state index contributed by atoms with van der Waals surface area (Å²) in [6.07, 6.45) is 12.2. The second-order valence-corrected chi connectivity index (χ2v) is 14.3. The highest BCUT2D eigenvalue weighted by atomic mass is 19.1. The molecule has 52 heavy (non-hydrogen) atoms. The molecule has 0 unspecified atom stereocenters. The molecule has 0 bridgehead atoms. The fourth-order valence-electron chi connectivity index (χ4n) is 6.54. The van der Waals surface area contributed by atoms with E-state index in [1.165, 1.54) is 51.6 Å². The maximum atomic E-state index is 14.6. The summed E-state index contributed by atoms with van der Waals surface area (Å²) in [6, 6.07) is 5.21. The molecule has 2 saturated heterocycles. The number of aromatic amines is 2. The van der Waals surface area contributed by atoms with Gasteiger partial charge in [-0.05, 0) is 95.4 Å². The number of methoxy groups -OCH3 is 1. The van der Waals surface area contributed by atoms with Gasteiger partial charge >= 0.3 is 0 Å². The smallest absolute Gasteiger partial charge is 0.226 e. The molecule has 6 heterocycles. The number of aromatic nitrogens is 6. The maximum Gasteiger partial charge on any atom is 0.226 e. The molecular weight excluding hydrogens is 670 g/mol. The van der Waals surface area contributed by atoms with E-state index in [1.54, 1.807) is 24.4 Å². The van der Waals surface area contributed by atoms with E-state index >= 15 is 0 Å². The minimum Gasteiger partial charge on any atom is -0.495 e. The molecule has 4 aromatic heterocycles. The first-order valence-corrected chi connectivity index (χ1v) is 18.0. The Bertz CT molecular complexity index is 1760. The van der Waals surface area contributed by atoms with Gasteiger partial charge in [0.05, 0.1) is 13.3 Å². The van der Waals surface area contributed by atoms with Gasteiger partial charge in [0.2, 0.25) is 11.8 Å². The lowest BCUT2D eigenvalue weighted by atomic mass is 9.88. The predicted molar refractivity (Wildman–Crippen MR) is 196 cm³/mol. The zero-order valence-electron chi connectivity index (χ0n) is 30.5. The number of pyridine rings is 2. The van der Waals surface area contributed by atoms with E-state index in [4.69, 9.17) is 4.74 Å². The van der Waals surface area contributed by atoms with Gasteiger partial charge in [0.15, 0.2) is 23.3 Å². The second kappa shape index (κ2) is 18.1. The van der Waals surface area contributed by atoms with Crippen molar-refractivity contribution in [2.45, 2.75) is 72.1 Å². The van der Waals surface area contributed by atoms with Gasteiger partial charge < -0.3 is 25.2 Å². The van der Waals surface area contributed by atoms with E-state index in [1.807, 2.05) is 6.92 Å². The highest BCUT2D eigenvalue weighted by Crippen LogP contribution is 2.29. The zero-order valence-corrected chi connectivity index (χ0v) is 30.5. The third-order valence-electron chi connectivity index (χ3n) is 9.18. The van der Waals surface area contributed by atoms with Gasteiger partial charge in [0, 0.05) is 48.6 Å². The summed E-state index contributed by atoms with van der Waals surface area (Å²) >= 11 is 0. The molecule has 6 rings (SSSR count). The lowest BCUT2D eigenvalue weighted by molar-refractivity contribution is -0.118. The summed E-state index contributed by atoms with van der Waals surface area (Å²) in [5.74, 6) is -1.28. The Kier molecular flexibility index (Phi) is 13.4. The van der Waals surface area contributed by atoms with Crippen LogP contribution in [0.3, 0.4) is 0 Å². The number of nitrogens with one attached hydrogen (secondary N) is 4. The van der Waals surface area contributed by atoms with Crippen LogP contribution in [0, 0.1) is 24.0 Å². The molecule has 2 aliphatic rings. The van der Waals surface area contributed by atoms with Crippen LogP contribution in [0.1, 0.15) is 70.9 Å². The van der Waals surface area contributed by atoms with Crippen molar-refractivity contribution >= 4 is 23.5 Å². The topological polar surface area (TPSA) is 157 Å². The number of H-pyrrole nitrogens is 2. The summed E-state index contributed by atoms with van der Waals surface area (Å²) in [4.78, 5) is 37.4. The number of hydrogen-bond donors (Lipinski definition) is 4. The molecule has 4 aromatic rings. The molecular formula is C37H50F2N10O3. The van der Waals surface area contributed by atoms with E-state index in [0.29, 0.717) is 29.7 Å². The van der Waals surface area contributed by atoms with Gasteiger partial charge in [-0.3, -0.25) is 29.8 Å². The molecule has 13 nitrogen and oxygen atoms in total. The average Bonchev–Trinajstić information content (AvgIpc) is 3.86. The molecule has 2 amide bonds. The van der Waals surface area contributed by atoms with Crippen LogP contribution in [-0.2, 0) is 9.59 Å². The summed E-state index contributed by atoms with van der Waals surface area (Å²) in [6.45, 7) is 12.1. The SMILES string of the molecule is COc1cncc(-c2[nH]nc(NC(=O)CCCN3CCCCC3)c2F)c1.Cc1ccc(-c2[nH]nc(NC(=O)CC(C)(C)CN3CCCC3)c2F)cn1. The molecule has 0 radical (unpaired) electrons. The standard InChI is InChI=1S/C19H26FN5O.C18H24FN5O2/c1-13-6-7-14(11-21-13)17-16(20)18(24-23-17)22-15(26)10-19(2,3)12-25-8-4-5-9-25;1-26-14-10-13(11-20-12-14)17-16(19)18(23-22-17)21-15(25)6-5-9-24-7-3-2-4-8-24/h6-7,11H,4-5,8-10,12H2,1-3H3,(H2,22,23,24,26);10-12H,2-9H2,1H3,(H2,21,22,23,25). The molecule has 0 aliphatic carbocycles. The van der Waals surface area contributed by atoms with Crippen molar-refractivity contribution in [2.24, 2.45) is 5.41 Å². The van der Waals surface area contributed by atoms with E-state index in [9.17, 15) is 18.4 Å². The van der Waals surface area contributed by atoms with Crippen molar-refractivity contribution in [1.29, 1.82) is 0 Å². The zero-order chi connectivity index (χ0) is 37.1. The van der Waals surface area contributed by atoms with Gasteiger partial charge in [0.25, 0.3) is 0 Å². The Labute approximate surface area is 303 Å². The number of amides is 2. The number of hydrogen-bond acceptors (Lipinski definition) is 9. The third-order valence-corrected chi connectivity index (χ3v) is 9.18. The monoisotopic (exact) mass is 720 g/mol. The van der Waals surface area contributed by atoms with E-state index in [-0.39, 0.29) is 40.3 Å². The normalized spacial score (nSPS) is 15.2. The Morgan fingerprint density at radius 1 is 0.846 bits per heavy atom.